The van der Waals surface area contributed by atoms with Gasteiger partial charge >= 0.3 is 0 Å². The van der Waals surface area contributed by atoms with E-state index < -0.39 is 5.54 Å². The Hall–Kier alpha value is -0.870. The zero-order chi connectivity index (χ0) is 10.9. The minimum Gasteiger partial charge on any atom is -0.350 e. The highest BCUT2D eigenvalue weighted by molar-refractivity contribution is 7.07. The summed E-state index contributed by atoms with van der Waals surface area (Å²) in [5.74, 6) is 0.344. The maximum absolute atomic E-state index is 11.8. The van der Waals surface area contributed by atoms with Crippen LogP contribution in [-0.4, -0.2) is 11.4 Å². The molecule has 1 heterocycles. The number of carbonyl (C=O) groups excluding carboxylic acids is 1. The lowest BCUT2D eigenvalue weighted by Gasteiger charge is -2.22. The molecule has 3 nitrogen and oxygen atoms in total. The van der Waals surface area contributed by atoms with Crippen LogP contribution in [0.5, 0.6) is 0 Å². The summed E-state index contributed by atoms with van der Waals surface area (Å²) in [6, 6.07) is 2.01. The van der Waals surface area contributed by atoms with Crippen LogP contribution < -0.4 is 11.1 Å². The van der Waals surface area contributed by atoms with Gasteiger partial charge in [-0.3, -0.25) is 4.79 Å². The molecule has 15 heavy (non-hydrogen) atoms. The van der Waals surface area contributed by atoms with E-state index in [2.05, 4.69) is 5.32 Å². The van der Waals surface area contributed by atoms with Crippen molar-refractivity contribution in [3.05, 3.63) is 22.4 Å². The molecule has 4 heteroatoms. The van der Waals surface area contributed by atoms with Gasteiger partial charge in [0.15, 0.2) is 0 Å². The Balaban J connectivity index is 1.86. The van der Waals surface area contributed by atoms with E-state index in [4.69, 9.17) is 5.73 Å². The summed E-state index contributed by atoms with van der Waals surface area (Å²) >= 11 is 1.63. The molecule has 1 aromatic heterocycles. The minimum atomic E-state index is -0.685. The lowest BCUT2D eigenvalue weighted by molar-refractivity contribution is -0.126. The Morgan fingerprint density at radius 1 is 1.73 bits per heavy atom. The van der Waals surface area contributed by atoms with Gasteiger partial charge in [-0.1, -0.05) is 0 Å². The molecular formula is C11H16N2OS. The van der Waals surface area contributed by atoms with Crippen molar-refractivity contribution in [2.45, 2.75) is 31.8 Å². The first kappa shape index (κ1) is 10.6. The van der Waals surface area contributed by atoms with Gasteiger partial charge in [0, 0.05) is 6.54 Å². The molecule has 82 valence electrons. The number of thiophene rings is 1. The van der Waals surface area contributed by atoms with Crippen molar-refractivity contribution >= 4 is 17.2 Å². The number of nitrogens with one attached hydrogen (secondary N) is 1. The van der Waals surface area contributed by atoms with E-state index in [9.17, 15) is 4.79 Å². The molecule has 1 atom stereocenters. The predicted octanol–water partition coefficient (Wildman–Crippen LogP) is 1.49. The summed E-state index contributed by atoms with van der Waals surface area (Å²) in [6.07, 6.45) is 2.16. The lowest BCUT2D eigenvalue weighted by Crippen LogP contribution is -2.53. The van der Waals surface area contributed by atoms with Crippen molar-refractivity contribution in [1.82, 2.24) is 5.32 Å². The normalized spacial score (nSPS) is 19.6. The van der Waals surface area contributed by atoms with Gasteiger partial charge in [0.2, 0.25) is 5.91 Å². The SMILES string of the molecule is CC(N)(C(=O)NCc1ccsc1)C1CC1. The van der Waals surface area contributed by atoms with Crippen molar-refractivity contribution in [3.8, 4) is 0 Å². The number of hydrogen-bond acceptors (Lipinski definition) is 3. The monoisotopic (exact) mass is 224 g/mol. The highest BCUT2D eigenvalue weighted by atomic mass is 32.1. The van der Waals surface area contributed by atoms with Gasteiger partial charge < -0.3 is 11.1 Å². The Morgan fingerprint density at radius 2 is 2.47 bits per heavy atom. The summed E-state index contributed by atoms with van der Waals surface area (Å²) in [5, 5.41) is 6.93. The largest absolute Gasteiger partial charge is 0.350 e. The molecule has 0 aromatic carbocycles. The second-order valence-electron chi connectivity index (χ2n) is 4.37. The van der Waals surface area contributed by atoms with E-state index in [0.29, 0.717) is 12.5 Å². The van der Waals surface area contributed by atoms with Crippen LogP contribution in [0.25, 0.3) is 0 Å². The van der Waals surface area contributed by atoms with Crippen LogP contribution in [0.15, 0.2) is 16.8 Å². The van der Waals surface area contributed by atoms with Gasteiger partial charge in [-0.2, -0.15) is 11.3 Å². The summed E-state index contributed by atoms with van der Waals surface area (Å²) in [7, 11) is 0. The summed E-state index contributed by atoms with van der Waals surface area (Å²) in [6.45, 7) is 2.41. The third-order valence-corrected chi connectivity index (χ3v) is 3.68. The third kappa shape index (κ3) is 2.38. The summed E-state index contributed by atoms with van der Waals surface area (Å²) < 4.78 is 0. The van der Waals surface area contributed by atoms with Crippen molar-refractivity contribution in [3.63, 3.8) is 0 Å². The van der Waals surface area contributed by atoms with Gasteiger partial charge in [0.1, 0.15) is 0 Å². The van der Waals surface area contributed by atoms with Gasteiger partial charge in [-0.05, 0) is 48.1 Å². The smallest absolute Gasteiger partial charge is 0.240 e. The second-order valence-corrected chi connectivity index (χ2v) is 5.15. The number of nitrogens with two attached hydrogens (primary N) is 1. The molecule has 0 saturated heterocycles. The third-order valence-electron chi connectivity index (χ3n) is 2.95. The Morgan fingerprint density at radius 3 is 3.00 bits per heavy atom. The number of rotatable bonds is 4. The molecule has 1 saturated carbocycles. The molecule has 0 bridgehead atoms. The Labute approximate surface area is 93.7 Å². The van der Waals surface area contributed by atoms with Crippen LogP contribution in [0.1, 0.15) is 25.3 Å². The maximum Gasteiger partial charge on any atom is 0.240 e. The van der Waals surface area contributed by atoms with Gasteiger partial charge in [0.25, 0.3) is 0 Å². The number of hydrogen-bond donors (Lipinski definition) is 2. The van der Waals surface area contributed by atoms with Crippen molar-refractivity contribution in [2.75, 3.05) is 0 Å². The molecule has 0 spiro atoms. The topological polar surface area (TPSA) is 55.1 Å². The van der Waals surface area contributed by atoms with Crippen LogP contribution in [-0.2, 0) is 11.3 Å². The van der Waals surface area contributed by atoms with E-state index >= 15 is 0 Å². The average molecular weight is 224 g/mol. The van der Waals surface area contributed by atoms with E-state index in [-0.39, 0.29) is 5.91 Å². The van der Waals surface area contributed by atoms with Gasteiger partial charge in [-0.15, -0.1) is 0 Å². The minimum absolute atomic E-state index is 0.0313. The lowest BCUT2D eigenvalue weighted by atomic mass is 9.96. The van der Waals surface area contributed by atoms with Crippen LogP contribution in [0.3, 0.4) is 0 Å². The molecular weight excluding hydrogens is 208 g/mol. The fourth-order valence-electron chi connectivity index (χ4n) is 1.63. The predicted molar refractivity (Wildman–Crippen MR) is 61.5 cm³/mol. The standard InChI is InChI=1S/C11H16N2OS/c1-11(12,9-2-3-9)10(14)13-6-8-4-5-15-7-8/h4-5,7,9H,2-3,6,12H2,1H3,(H,13,14). The number of amides is 1. The Kier molecular flexibility index (Phi) is 2.80. The molecule has 1 aromatic rings. The first-order valence-corrected chi connectivity index (χ1v) is 6.13. The zero-order valence-electron chi connectivity index (χ0n) is 8.82. The van der Waals surface area contributed by atoms with Crippen LogP contribution in [0.4, 0.5) is 0 Å². The van der Waals surface area contributed by atoms with Gasteiger partial charge in [-0.25, -0.2) is 0 Å². The molecule has 1 fully saturated rings. The van der Waals surface area contributed by atoms with E-state index in [0.717, 1.165) is 18.4 Å². The first-order chi connectivity index (χ1) is 7.10. The van der Waals surface area contributed by atoms with Crippen LogP contribution >= 0.6 is 11.3 Å². The number of carbonyl (C=O) groups is 1. The highest BCUT2D eigenvalue weighted by Crippen LogP contribution is 2.38. The van der Waals surface area contributed by atoms with E-state index in [1.165, 1.54) is 0 Å². The van der Waals surface area contributed by atoms with Crippen molar-refractivity contribution < 1.29 is 4.79 Å². The molecule has 1 amide bonds. The average Bonchev–Trinajstić information content (AvgIpc) is 2.94. The Bertz CT molecular complexity index is 341. The quantitative estimate of drug-likeness (QED) is 0.814. The molecule has 0 radical (unpaired) electrons. The van der Waals surface area contributed by atoms with E-state index in [1.54, 1.807) is 11.3 Å². The molecule has 0 aliphatic heterocycles. The fourth-order valence-corrected chi connectivity index (χ4v) is 2.30. The first-order valence-electron chi connectivity index (χ1n) is 5.19. The summed E-state index contributed by atoms with van der Waals surface area (Å²) in [4.78, 5) is 11.8. The maximum atomic E-state index is 11.8. The van der Waals surface area contributed by atoms with Gasteiger partial charge in [0.05, 0.1) is 5.54 Å². The molecule has 1 unspecified atom stereocenters. The molecule has 3 N–H and O–H groups in total. The van der Waals surface area contributed by atoms with Crippen LogP contribution in [0, 0.1) is 5.92 Å². The molecule has 2 rings (SSSR count). The van der Waals surface area contributed by atoms with Crippen LogP contribution in [0.2, 0.25) is 0 Å². The molecule has 1 aliphatic carbocycles. The van der Waals surface area contributed by atoms with Crippen molar-refractivity contribution in [1.29, 1.82) is 0 Å². The second kappa shape index (κ2) is 3.94. The van der Waals surface area contributed by atoms with Crippen molar-refractivity contribution in [2.24, 2.45) is 11.7 Å². The highest BCUT2D eigenvalue weighted by Gasteiger charge is 2.43. The zero-order valence-corrected chi connectivity index (χ0v) is 9.64. The molecule has 1 aliphatic rings. The summed E-state index contributed by atoms with van der Waals surface area (Å²) in [5.41, 5.74) is 6.45. The fraction of sp³-hybridized carbons (Fsp3) is 0.545. The van der Waals surface area contributed by atoms with E-state index in [1.807, 2.05) is 23.8 Å².